The minimum atomic E-state index is -0.436. The van der Waals surface area contributed by atoms with E-state index >= 15 is 0 Å². The van der Waals surface area contributed by atoms with Crippen LogP contribution in [0.25, 0.3) is 0 Å². The lowest BCUT2D eigenvalue weighted by Gasteiger charge is -2.10. The molecule has 3 nitrogen and oxygen atoms in total. The molecule has 0 heterocycles. The number of rotatable bonds is 2. The molecule has 3 N–H and O–H groups in total. The molecule has 6 heteroatoms. The van der Waals surface area contributed by atoms with Crippen molar-refractivity contribution in [3.8, 4) is 0 Å². The molecule has 0 aliphatic rings. The van der Waals surface area contributed by atoms with Gasteiger partial charge in [0, 0.05) is 5.56 Å². The van der Waals surface area contributed by atoms with Crippen molar-refractivity contribution >= 4 is 44.8 Å². The van der Waals surface area contributed by atoms with Crippen LogP contribution in [0.5, 0.6) is 0 Å². The van der Waals surface area contributed by atoms with E-state index in [0.717, 1.165) is 0 Å². The molecule has 0 radical (unpaired) electrons. The van der Waals surface area contributed by atoms with Gasteiger partial charge in [0.05, 0.1) is 20.9 Å². The molecule has 2 aromatic rings. The maximum atomic E-state index is 13.1. The van der Waals surface area contributed by atoms with E-state index in [0.29, 0.717) is 22.0 Å². The number of carbonyl (C=O) groups is 1. The summed E-state index contributed by atoms with van der Waals surface area (Å²) in [5.41, 5.74) is 6.74. The number of halogens is 3. The number of carbonyl (C=O) groups excluding carboxylic acids is 1. The Labute approximate surface area is 122 Å². The van der Waals surface area contributed by atoms with Crippen molar-refractivity contribution in [2.75, 3.05) is 11.1 Å². The molecule has 0 fully saturated rings. The Morgan fingerprint density at radius 3 is 2.68 bits per heavy atom. The second-order valence-electron chi connectivity index (χ2n) is 3.79. The second-order valence-corrected chi connectivity index (χ2v) is 5.05. The fraction of sp³-hybridized carbons (Fsp3) is 0. The number of anilines is 2. The quantitative estimate of drug-likeness (QED) is 0.807. The number of benzene rings is 2. The van der Waals surface area contributed by atoms with Gasteiger partial charge in [0.15, 0.2) is 0 Å². The monoisotopic (exact) mass is 342 g/mol. The third kappa shape index (κ3) is 3.05. The predicted molar refractivity (Wildman–Crippen MR) is 77.9 cm³/mol. The summed E-state index contributed by atoms with van der Waals surface area (Å²) in [5.74, 6) is -0.852. The first-order chi connectivity index (χ1) is 8.99. The predicted octanol–water partition coefficient (Wildman–Crippen LogP) is 4.08. The van der Waals surface area contributed by atoms with Gasteiger partial charge in [-0.1, -0.05) is 17.7 Å². The first-order valence-electron chi connectivity index (χ1n) is 5.29. The first kappa shape index (κ1) is 13.8. The molecular formula is C13H9BrClFN2O. The molecule has 0 saturated heterocycles. The van der Waals surface area contributed by atoms with Crippen LogP contribution in [0.3, 0.4) is 0 Å². The van der Waals surface area contributed by atoms with Crippen LogP contribution >= 0.6 is 27.5 Å². The van der Waals surface area contributed by atoms with Gasteiger partial charge < -0.3 is 11.1 Å². The molecule has 0 bridgehead atoms. The summed E-state index contributed by atoms with van der Waals surface area (Å²) < 4.78 is 13.3. The lowest BCUT2D eigenvalue weighted by atomic mass is 10.2. The summed E-state index contributed by atoms with van der Waals surface area (Å²) in [6.45, 7) is 0. The first-order valence-corrected chi connectivity index (χ1v) is 6.46. The highest BCUT2D eigenvalue weighted by atomic mass is 79.9. The zero-order valence-corrected chi connectivity index (χ0v) is 11.9. The van der Waals surface area contributed by atoms with Crippen molar-refractivity contribution in [1.82, 2.24) is 0 Å². The average Bonchev–Trinajstić information content (AvgIpc) is 2.37. The molecule has 0 aromatic heterocycles. The Bertz CT molecular complexity index is 628. The van der Waals surface area contributed by atoms with E-state index in [1.165, 1.54) is 18.2 Å². The maximum absolute atomic E-state index is 13.1. The summed E-state index contributed by atoms with van der Waals surface area (Å²) in [6.07, 6.45) is 0. The topological polar surface area (TPSA) is 55.1 Å². The lowest BCUT2D eigenvalue weighted by Crippen LogP contribution is -2.13. The fourth-order valence-electron chi connectivity index (χ4n) is 1.50. The van der Waals surface area contributed by atoms with Crippen LogP contribution in [0.4, 0.5) is 15.8 Å². The zero-order valence-electron chi connectivity index (χ0n) is 9.58. The number of nitrogen functional groups attached to an aromatic ring is 1. The van der Waals surface area contributed by atoms with Crippen LogP contribution < -0.4 is 11.1 Å². The molecular weight excluding hydrogens is 335 g/mol. The van der Waals surface area contributed by atoms with E-state index in [9.17, 15) is 9.18 Å². The minimum Gasteiger partial charge on any atom is -0.397 e. The van der Waals surface area contributed by atoms with Gasteiger partial charge in [-0.3, -0.25) is 4.79 Å². The number of para-hydroxylation sites is 1. The molecule has 98 valence electrons. The highest BCUT2D eigenvalue weighted by Gasteiger charge is 2.12. The number of nitrogens with one attached hydrogen (secondary N) is 1. The van der Waals surface area contributed by atoms with Crippen molar-refractivity contribution in [1.29, 1.82) is 0 Å². The smallest absolute Gasteiger partial charge is 0.255 e. The summed E-state index contributed by atoms with van der Waals surface area (Å²) in [7, 11) is 0. The lowest BCUT2D eigenvalue weighted by molar-refractivity contribution is 0.102. The average molecular weight is 344 g/mol. The zero-order chi connectivity index (χ0) is 14.0. The third-order valence-corrected chi connectivity index (χ3v) is 3.39. The Balaban J connectivity index is 2.28. The molecule has 0 atom stereocenters. The standard InChI is InChI=1S/C13H9BrClFN2O/c14-8-6-7(4-5-10(8)16)13(19)18-12-9(15)2-1-3-11(12)17/h1-6H,17H2,(H,18,19). The largest absolute Gasteiger partial charge is 0.397 e. The van der Waals surface area contributed by atoms with Crippen LogP contribution in [-0.2, 0) is 0 Å². The number of hydrogen-bond acceptors (Lipinski definition) is 2. The van der Waals surface area contributed by atoms with Gasteiger partial charge in [-0.2, -0.15) is 0 Å². The Morgan fingerprint density at radius 2 is 2.05 bits per heavy atom. The van der Waals surface area contributed by atoms with Crippen LogP contribution in [0.15, 0.2) is 40.9 Å². The van der Waals surface area contributed by atoms with E-state index in [2.05, 4.69) is 21.2 Å². The highest BCUT2D eigenvalue weighted by Crippen LogP contribution is 2.28. The summed E-state index contributed by atoms with van der Waals surface area (Å²) in [4.78, 5) is 12.0. The van der Waals surface area contributed by atoms with Crippen LogP contribution in [-0.4, -0.2) is 5.91 Å². The van der Waals surface area contributed by atoms with Gasteiger partial charge in [-0.15, -0.1) is 0 Å². The van der Waals surface area contributed by atoms with Gasteiger partial charge in [0.1, 0.15) is 5.82 Å². The number of amides is 1. The van der Waals surface area contributed by atoms with E-state index in [4.69, 9.17) is 17.3 Å². The molecule has 0 spiro atoms. The van der Waals surface area contributed by atoms with Gasteiger partial charge in [0.2, 0.25) is 0 Å². The van der Waals surface area contributed by atoms with Crippen LogP contribution in [0, 0.1) is 5.82 Å². The van der Waals surface area contributed by atoms with Gasteiger partial charge in [0.25, 0.3) is 5.91 Å². The number of nitrogens with two attached hydrogens (primary N) is 1. The fourth-order valence-corrected chi connectivity index (χ4v) is 2.10. The van der Waals surface area contributed by atoms with Gasteiger partial charge >= 0.3 is 0 Å². The molecule has 0 saturated carbocycles. The normalized spacial score (nSPS) is 10.3. The molecule has 0 unspecified atom stereocenters. The molecule has 2 rings (SSSR count). The van der Waals surface area contributed by atoms with Crippen molar-refractivity contribution in [2.45, 2.75) is 0 Å². The SMILES string of the molecule is Nc1cccc(Cl)c1NC(=O)c1ccc(F)c(Br)c1. The Hall–Kier alpha value is -1.59. The molecule has 1 amide bonds. The summed E-state index contributed by atoms with van der Waals surface area (Å²) in [5, 5.41) is 2.94. The van der Waals surface area contributed by atoms with Crippen molar-refractivity contribution in [2.24, 2.45) is 0 Å². The van der Waals surface area contributed by atoms with E-state index in [-0.39, 0.29) is 4.47 Å². The van der Waals surface area contributed by atoms with Crippen LogP contribution in [0.2, 0.25) is 5.02 Å². The van der Waals surface area contributed by atoms with E-state index in [1.54, 1.807) is 18.2 Å². The number of hydrogen-bond donors (Lipinski definition) is 2. The highest BCUT2D eigenvalue weighted by molar-refractivity contribution is 9.10. The van der Waals surface area contributed by atoms with Crippen molar-refractivity contribution < 1.29 is 9.18 Å². The summed E-state index contributed by atoms with van der Waals surface area (Å²) in [6, 6.07) is 8.90. The Kier molecular flexibility index (Phi) is 4.07. The van der Waals surface area contributed by atoms with E-state index in [1.807, 2.05) is 0 Å². The molecule has 0 aliphatic carbocycles. The Morgan fingerprint density at radius 1 is 1.32 bits per heavy atom. The minimum absolute atomic E-state index is 0.215. The van der Waals surface area contributed by atoms with E-state index < -0.39 is 11.7 Å². The maximum Gasteiger partial charge on any atom is 0.255 e. The third-order valence-electron chi connectivity index (χ3n) is 2.47. The van der Waals surface area contributed by atoms with Gasteiger partial charge in [-0.05, 0) is 46.3 Å². The molecule has 0 aliphatic heterocycles. The van der Waals surface area contributed by atoms with Crippen LogP contribution in [0.1, 0.15) is 10.4 Å². The molecule has 19 heavy (non-hydrogen) atoms. The van der Waals surface area contributed by atoms with Crippen molar-refractivity contribution in [3.63, 3.8) is 0 Å². The summed E-state index contributed by atoms with van der Waals surface area (Å²) >= 11 is 8.98. The van der Waals surface area contributed by atoms with Gasteiger partial charge in [-0.25, -0.2) is 4.39 Å². The van der Waals surface area contributed by atoms with Crippen molar-refractivity contribution in [3.05, 3.63) is 57.3 Å². The second kappa shape index (κ2) is 5.59. The molecule has 2 aromatic carbocycles.